The normalized spacial score (nSPS) is 18.2. The molecule has 1 fully saturated rings. The molecule has 10 heteroatoms. The fourth-order valence-electron chi connectivity index (χ4n) is 3.48. The van der Waals surface area contributed by atoms with Gasteiger partial charge in [-0.05, 0) is 31.9 Å². The van der Waals surface area contributed by atoms with Gasteiger partial charge in [-0.15, -0.1) is 0 Å². The van der Waals surface area contributed by atoms with Gasteiger partial charge in [0.05, 0.1) is 0 Å². The minimum atomic E-state index is -4.59. The smallest absolute Gasteiger partial charge is 0.337 e. The third kappa shape index (κ3) is 3.26. The van der Waals surface area contributed by atoms with Crippen LogP contribution < -0.4 is 0 Å². The molecule has 1 amide bonds. The summed E-state index contributed by atoms with van der Waals surface area (Å²) in [6.45, 7) is 2.48. The van der Waals surface area contributed by atoms with Crippen molar-refractivity contribution in [3.8, 4) is 0 Å². The van der Waals surface area contributed by atoms with E-state index in [0.29, 0.717) is 17.6 Å². The molecule has 0 saturated carbocycles. The number of carbonyl (C=O) groups is 1. The highest BCUT2D eigenvalue weighted by Gasteiger charge is 2.35. The Bertz CT molecular complexity index is 979. The molecule has 0 aliphatic carbocycles. The zero-order valence-electron chi connectivity index (χ0n) is 14.5. The summed E-state index contributed by atoms with van der Waals surface area (Å²) >= 11 is 0. The van der Waals surface area contributed by atoms with Crippen LogP contribution in [0.25, 0.3) is 5.65 Å². The van der Waals surface area contributed by atoms with Gasteiger partial charge in [0.1, 0.15) is 5.69 Å². The molecule has 1 aliphatic heterocycles. The molecule has 1 saturated heterocycles. The van der Waals surface area contributed by atoms with Crippen LogP contribution in [0.2, 0.25) is 0 Å². The van der Waals surface area contributed by atoms with Crippen molar-refractivity contribution < 1.29 is 18.0 Å². The van der Waals surface area contributed by atoms with E-state index in [0.717, 1.165) is 24.6 Å². The lowest BCUT2D eigenvalue weighted by Crippen LogP contribution is -2.39. The van der Waals surface area contributed by atoms with E-state index in [1.807, 2.05) is 6.07 Å². The number of piperidine rings is 1. The Morgan fingerprint density at radius 3 is 2.85 bits per heavy atom. The first kappa shape index (κ1) is 17.5. The fraction of sp³-hybridized carbons (Fsp3) is 0.412. The third-order valence-corrected chi connectivity index (χ3v) is 4.74. The van der Waals surface area contributed by atoms with Crippen LogP contribution in [0.15, 0.2) is 24.4 Å². The Balaban J connectivity index is 1.65. The predicted octanol–water partition coefficient (Wildman–Crippen LogP) is 2.80. The van der Waals surface area contributed by atoms with E-state index in [4.69, 9.17) is 0 Å². The van der Waals surface area contributed by atoms with Crippen molar-refractivity contribution in [3.63, 3.8) is 0 Å². The number of nitrogens with one attached hydrogen (secondary N) is 1. The number of aromatic amines is 1. The van der Waals surface area contributed by atoms with Crippen LogP contribution in [0.3, 0.4) is 0 Å². The van der Waals surface area contributed by atoms with Gasteiger partial charge in [0.25, 0.3) is 5.91 Å². The number of fused-ring (bicyclic) bond motifs is 1. The first-order valence-corrected chi connectivity index (χ1v) is 8.56. The third-order valence-electron chi connectivity index (χ3n) is 4.74. The van der Waals surface area contributed by atoms with Gasteiger partial charge < -0.3 is 4.90 Å². The van der Waals surface area contributed by atoms with Gasteiger partial charge >= 0.3 is 6.18 Å². The maximum absolute atomic E-state index is 13.3. The van der Waals surface area contributed by atoms with Gasteiger partial charge in [-0.1, -0.05) is 0 Å². The highest BCUT2D eigenvalue weighted by atomic mass is 19.4. The molecule has 27 heavy (non-hydrogen) atoms. The molecule has 1 N–H and O–H groups in total. The number of aryl methyl sites for hydroxylation is 1. The van der Waals surface area contributed by atoms with Crippen LogP contribution in [0.1, 0.15) is 46.3 Å². The molecule has 0 aromatic carbocycles. The maximum atomic E-state index is 13.3. The monoisotopic (exact) mass is 378 g/mol. The lowest BCUT2D eigenvalue weighted by atomic mass is 9.95. The van der Waals surface area contributed by atoms with E-state index in [9.17, 15) is 18.0 Å². The fourth-order valence-corrected chi connectivity index (χ4v) is 3.48. The van der Waals surface area contributed by atoms with Gasteiger partial charge in [0.2, 0.25) is 0 Å². The second kappa shape index (κ2) is 6.36. The summed E-state index contributed by atoms with van der Waals surface area (Å²) in [4.78, 5) is 18.5. The summed E-state index contributed by atoms with van der Waals surface area (Å²) in [5, 5.41) is 10.8. The summed E-state index contributed by atoms with van der Waals surface area (Å²) in [6, 6.07) is 4.10. The number of alkyl halides is 3. The van der Waals surface area contributed by atoms with Gasteiger partial charge in [0.15, 0.2) is 11.3 Å². The number of carbonyl (C=O) groups excluding carboxylic acids is 1. The molecule has 1 aliphatic rings. The van der Waals surface area contributed by atoms with Gasteiger partial charge in [0, 0.05) is 42.7 Å². The average Bonchev–Trinajstić information content (AvgIpc) is 3.29. The van der Waals surface area contributed by atoms with Gasteiger partial charge in [-0.2, -0.15) is 23.4 Å². The number of H-pyrrole nitrogens is 1. The number of likely N-dealkylation sites (tertiary alicyclic amines) is 1. The average molecular weight is 378 g/mol. The van der Waals surface area contributed by atoms with E-state index in [1.165, 1.54) is 13.0 Å². The molecule has 1 atom stereocenters. The molecule has 142 valence electrons. The SMILES string of the molecule is Cc1cc(C(F)(F)F)n2nc(C(=O)N3CCCC(c4ccn[nH]4)C3)cc2n1. The van der Waals surface area contributed by atoms with Gasteiger partial charge in [-0.3, -0.25) is 9.89 Å². The van der Waals surface area contributed by atoms with Crippen LogP contribution in [0.4, 0.5) is 13.2 Å². The zero-order chi connectivity index (χ0) is 19.2. The first-order valence-electron chi connectivity index (χ1n) is 8.56. The summed E-state index contributed by atoms with van der Waals surface area (Å²) in [5.41, 5.74) is 0.180. The largest absolute Gasteiger partial charge is 0.433 e. The molecule has 0 spiro atoms. The molecule has 0 bridgehead atoms. The van der Waals surface area contributed by atoms with Crippen molar-refractivity contribution in [1.82, 2.24) is 29.7 Å². The van der Waals surface area contributed by atoms with E-state index in [2.05, 4.69) is 20.3 Å². The van der Waals surface area contributed by atoms with Crippen LogP contribution in [-0.2, 0) is 6.18 Å². The van der Waals surface area contributed by atoms with Crippen LogP contribution in [0, 0.1) is 6.92 Å². The Kier molecular flexibility index (Phi) is 4.12. The number of hydrogen-bond acceptors (Lipinski definition) is 4. The Hall–Kier alpha value is -2.91. The molecule has 3 aromatic heterocycles. The standard InChI is InChI=1S/C17H17F3N6O/c1-10-7-14(17(18,19)20)26-15(22-10)8-13(24-26)16(27)25-6-2-3-11(9-25)12-4-5-21-23-12/h4-5,7-8,11H,2-3,6,9H2,1H3,(H,21,23). The molecule has 4 heterocycles. The Morgan fingerprint density at radius 1 is 1.33 bits per heavy atom. The summed E-state index contributed by atoms with van der Waals surface area (Å²) in [5.74, 6) is -0.274. The lowest BCUT2D eigenvalue weighted by Gasteiger charge is -2.31. The number of nitrogens with zero attached hydrogens (tertiary/aromatic N) is 5. The van der Waals surface area contributed by atoms with E-state index in [-0.39, 0.29) is 23.0 Å². The number of amides is 1. The van der Waals surface area contributed by atoms with Crippen LogP contribution in [0.5, 0.6) is 0 Å². The van der Waals surface area contributed by atoms with Crippen molar-refractivity contribution in [3.05, 3.63) is 47.2 Å². The van der Waals surface area contributed by atoms with E-state index < -0.39 is 17.8 Å². The second-order valence-electron chi connectivity index (χ2n) is 6.68. The quantitative estimate of drug-likeness (QED) is 0.744. The molecular formula is C17H17F3N6O. The number of hydrogen-bond donors (Lipinski definition) is 1. The molecule has 7 nitrogen and oxygen atoms in total. The number of rotatable bonds is 2. The summed E-state index contributed by atoms with van der Waals surface area (Å²) in [7, 11) is 0. The van der Waals surface area contributed by atoms with Crippen LogP contribution in [-0.4, -0.2) is 48.7 Å². The van der Waals surface area contributed by atoms with Crippen molar-refractivity contribution in [2.75, 3.05) is 13.1 Å². The highest BCUT2D eigenvalue weighted by Crippen LogP contribution is 2.30. The minimum absolute atomic E-state index is 0.00722. The first-order chi connectivity index (χ1) is 12.8. The Morgan fingerprint density at radius 2 is 2.15 bits per heavy atom. The van der Waals surface area contributed by atoms with E-state index in [1.54, 1.807) is 11.1 Å². The van der Waals surface area contributed by atoms with Crippen molar-refractivity contribution in [2.45, 2.75) is 31.9 Å². The van der Waals surface area contributed by atoms with Crippen molar-refractivity contribution in [1.29, 1.82) is 0 Å². The summed E-state index contributed by atoms with van der Waals surface area (Å²) < 4.78 is 40.5. The second-order valence-corrected chi connectivity index (χ2v) is 6.68. The summed E-state index contributed by atoms with van der Waals surface area (Å²) in [6.07, 6.45) is -1.22. The Labute approximate surface area is 152 Å². The highest BCUT2D eigenvalue weighted by molar-refractivity contribution is 5.93. The van der Waals surface area contributed by atoms with E-state index >= 15 is 0 Å². The molecule has 1 unspecified atom stereocenters. The number of halogens is 3. The molecular weight excluding hydrogens is 361 g/mol. The van der Waals surface area contributed by atoms with Crippen molar-refractivity contribution >= 4 is 11.6 Å². The topological polar surface area (TPSA) is 79.2 Å². The molecule has 0 radical (unpaired) electrons. The maximum Gasteiger partial charge on any atom is 0.433 e. The minimum Gasteiger partial charge on any atom is -0.337 e. The lowest BCUT2D eigenvalue weighted by molar-refractivity contribution is -0.142. The molecule has 4 rings (SSSR count). The zero-order valence-corrected chi connectivity index (χ0v) is 14.5. The van der Waals surface area contributed by atoms with Gasteiger partial charge in [-0.25, -0.2) is 9.50 Å². The predicted molar refractivity (Wildman–Crippen MR) is 89.2 cm³/mol. The van der Waals surface area contributed by atoms with Crippen LogP contribution >= 0.6 is 0 Å². The molecule has 3 aromatic rings. The number of aromatic nitrogens is 5. The van der Waals surface area contributed by atoms with Crippen molar-refractivity contribution in [2.24, 2.45) is 0 Å².